The third-order valence-electron chi connectivity index (χ3n) is 1.15. The van der Waals surface area contributed by atoms with Gasteiger partial charge in [0.25, 0.3) is 0 Å². The van der Waals surface area contributed by atoms with Crippen molar-refractivity contribution >= 4 is 6.21 Å². The molecule has 1 rings (SSSR count). The van der Waals surface area contributed by atoms with Gasteiger partial charge in [-0.15, -0.1) is 5.10 Å². The molecule has 0 bridgehead atoms. The molecule has 0 aromatic carbocycles. The van der Waals surface area contributed by atoms with Crippen LogP contribution in [0.5, 0.6) is 0 Å². The lowest BCUT2D eigenvalue weighted by molar-refractivity contribution is 0.215. The zero-order valence-corrected chi connectivity index (χ0v) is 6.72. The minimum atomic E-state index is 0.243. The predicted octanol–water partition coefficient (Wildman–Crippen LogP) is -0.333. The second kappa shape index (κ2) is 3.48. The summed E-state index contributed by atoms with van der Waals surface area (Å²) in [6, 6.07) is 1.88. The van der Waals surface area contributed by atoms with Crippen LogP contribution in [-0.4, -0.2) is 28.1 Å². The Labute approximate surface area is 69.1 Å². The quantitative estimate of drug-likeness (QED) is 0.444. The summed E-state index contributed by atoms with van der Waals surface area (Å²) in [7, 11) is 3.06. The third-order valence-corrected chi connectivity index (χ3v) is 1.15. The largest absolute Gasteiger partial charge is 0.399 e. The molecule has 1 aromatic heterocycles. The lowest BCUT2D eigenvalue weighted by Gasteiger charge is -1.83. The zero-order chi connectivity index (χ0) is 8.97. The molecule has 0 spiro atoms. The highest BCUT2D eigenvalue weighted by molar-refractivity contribution is 5.73. The first-order valence-electron chi connectivity index (χ1n) is 3.15. The number of aryl methyl sites for hydroxylation is 1. The van der Waals surface area contributed by atoms with E-state index in [-0.39, 0.29) is 5.82 Å². The van der Waals surface area contributed by atoms with Gasteiger partial charge in [-0.05, 0) is 0 Å². The Bertz CT molecular complexity index is 334. The fraction of sp³-hybridized carbons (Fsp3) is 0.333. The van der Waals surface area contributed by atoms with Gasteiger partial charge in [0.15, 0.2) is 5.82 Å². The second-order valence-electron chi connectivity index (χ2n) is 1.95. The lowest BCUT2D eigenvalue weighted by Crippen LogP contribution is -1.94. The third kappa shape index (κ3) is 1.58. The maximum absolute atomic E-state index is 8.51. The first-order valence-corrected chi connectivity index (χ1v) is 3.15. The highest BCUT2D eigenvalue weighted by atomic mass is 16.6. The average molecular weight is 165 g/mol. The monoisotopic (exact) mass is 165 g/mol. The standard InChI is InChI=1S/C6H7N5O/c1-11-6(3-7)9-5(10-11)4-8-12-2/h4H,1-2H3. The molecular formula is C6H7N5O. The average Bonchev–Trinajstić information content (AvgIpc) is 2.43. The van der Waals surface area contributed by atoms with Gasteiger partial charge in [0, 0.05) is 7.05 Å². The molecule has 0 saturated carbocycles. The molecule has 0 aliphatic heterocycles. The molecule has 0 atom stereocenters. The molecular weight excluding hydrogens is 158 g/mol. The minimum Gasteiger partial charge on any atom is -0.399 e. The van der Waals surface area contributed by atoms with Crippen molar-refractivity contribution in [3.05, 3.63) is 11.6 Å². The summed E-state index contributed by atoms with van der Waals surface area (Å²) in [5.41, 5.74) is 0. The molecule has 12 heavy (non-hydrogen) atoms. The van der Waals surface area contributed by atoms with Crippen LogP contribution in [0.1, 0.15) is 11.6 Å². The van der Waals surface area contributed by atoms with Crippen LogP contribution in [0.3, 0.4) is 0 Å². The minimum absolute atomic E-state index is 0.243. The van der Waals surface area contributed by atoms with Crippen molar-refractivity contribution < 1.29 is 4.84 Å². The van der Waals surface area contributed by atoms with E-state index in [1.165, 1.54) is 18.0 Å². The Morgan fingerprint density at radius 2 is 2.50 bits per heavy atom. The molecule has 0 aliphatic carbocycles. The number of aromatic nitrogens is 3. The van der Waals surface area contributed by atoms with Crippen LogP contribution in [0.2, 0.25) is 0 Å². The predicted molar refractivity (Wildman–Crippen MR) is 40.3 cm³/mol. The Morgan fingerprint density at radius 3 is 3.00 bits per heavy atom. The second-order valence-corrected chi connectivity index (χ2v) is 1.95. The summed E-state index contributed by atoms with van der Waals surface area (Å²) in [5, 5.41) is 15.8. The van der Waals surface area contributed by atoms with Crippen molar-refractivity contribution in [1.29, 1.82) is 5.26 Å². The van der Waals surface area contributed by atoms with E-state index >= 15 is 0 Å². The summed E-state index contributed by atoms with van der Waals surface area (Å²) >= 11 is 0. The molecule has 0 N–H and O–H groups in total. The Hall–Kier alpha value is -1.90. The number of hydrogen-bond donors (Lipinski definition) is 0. The highest BCUT2D eigenvalue weighted by Gasteiger charge is 2.02. The van der Waals surface area contributed by atoms with Crippen molar-refractivity contribution in [3.63, 3.8) is 0 Å². The van der Waals surface area contributed by atoms with Crippen molar-refractivity contribution in [2.75, 3.05) is 7.11 Å². The van der Waals surface area contributed by atoms with Crippen LogP contribution in [-0.2, 0) is 11.9 Å². The fourth-order valence-corrected chi connectivity index (χ4v) is 0.656. The number of nitrogens with zero attached hydrogens (tertiary/aromatic N) is 5. The van der Waals surface area contributed by atoms with Gasteiger partial charge in [0.05, 0.1) is 0 Å². The molecule has 62 valence electrons. The Kier molecular flexibility index (Phi) is 2.38. The Morgan fingerprint density at radius 1 is 1.75 bits per heavy atom. The number of hydrogen-bond acceptors (Lipinski definition) is 5. The van der Waals surface area contributed by atoms with Gasteiger partial charge in [-0.3, -0.25) is 0 Å². The first kappa shape index (κ1) is 8.20. The van der Waals surface area contributed by atoms with E-state index in [1.54, 1.807) is 7.05 Å². The molecule has 1 heterocycles. The zero-order valence-electron chi connectivity index (χ0n) is 6.72. The number of nitriles is 1. The van der Waals surface area contributed by atoms with Gasteiger partial charge in [-0.1, -0.05) is 5.16 Å². The van der Waals surface area contributed by atoms with E-state index in [0.717, 1.165) is 0 Å². The van der Waals surface area contributed by atoms with E-state index < -0.39 is 0 Å². The summed E-state index contributed by atoms with van der Waals surface area (Å²) < 4.78 is 1.37. The molecule has 0 saturated heterocycles. The number of rotatable bonds is 2. The van der Waals surface area contributed by atoms with Crippen molar-refractivity contribution in [2.24, 2.45) is 12.2 Å². The maximum atomic E-state index is 8.51. The van der Waals surface area contributed by atoms with E-state index in [9.17, 15) is 0 Å². The van der Waals surface area contributed by atoms with Gasteiger partial charge in [-0.25, -0.2) is 4.68 Å². The van der Waals surface area contributed by atoms with Crippen molar-refractivity contribution in [2.45, 2.75) is 0 Å². The summed E-state index contributed by atoms with van der Waals surface area (Å²) in [6.07, 6.45) is 1.33. The first-order chi connectivity index (χ1) is 5.77. The van der Waals surface area contributed by atoms with Crippen molar-refractivity contribution in [3.8, 4) is 6.07 Å². The normalized spacial score (nSPS) is 10.1. The molecule has 0 unspecified atom stereocenters. The molecule has 0 fully saturated rings. The lowest BCUT2D eigenvalue weighted by atomic mass is 10.6. The van der Waals surface area contributed by atoms with Crippen LogP contribution in [0.4, 0.5) is 0 Å². The number of oxime groups is 1. The maximum Gasteiger partial charge on any atom is 0.231 e. The SMILES string of the molecule is CON=Cc1nc(C#N)n(C)n1. The summed E-state index contributed by atoms with van der Waals surface area (Å²) in [4.78, 5) is 8.25. The summed E-state index contributed by atoms with van der Waals surface area (Å²) in [5.74, 6) is 0.600. The van der Waals surface area contributed by atoms with Crippen LogP contribution in [0.25, 0.3) is 0 Å². The fourth-order valence-electron chi connectivity index (χ4n) is 0.656. The highest BCUT2D eigenvalue weighted by Crippen LogP contribution is 1.91. The van der Waals surface area contributed by atoms with Gasteiger partial charge in [0.1, 0.15) is 19.4 Å². The molecule has 0 amide bonds. The molecule has 6 nitrogen and oxygen atoms in total. The van der Waals surface area contributed by atoms with E-state index in [4.69, 9.17) is 5.26 Å². The topological polar surface area (TPSA) is 76.1 Å². The molecule has 1 aromatic rings. The van der Waals surface area contributed by atoms with Gasteiger partial charge in [0.2, 0.25) is 5.82 Å². The molecule has 6 heteroatoms. The van der Waals surface area contributed by atoms with Crippen LogP contribution < -0.4 is 0 Å². The van der Waals surface area contributed by atoms with Crippen LogP contribution >= 0.6 is 0 Å². The Balaban J connectivity index is 2.91. The van der Waals surface area contributed by atoms with Crippen molar-refractivity contribution in [1.82, 2.24) is 14.8 Å². The van der Waals surface area contributed by atoms with Gasteiger partial charge < -0.3 is 4.84 Å². The van der Waals surface area contributed by atoms with E-state index in [2.05, 4.69) is 20.1 Å². The van der Waals surface area contributed by atoms with Gasteiger partial charge >= 0.3 is 0 Å². The molecule has 0 radical (unpaired) electrons. The van der Waals surface area contributed by atoms with E-state index in [0.29, 0.717) is 5.82 Å². The van der Waals surface area contributed by atoms with Crippen LogP contribution in [0, 0.1) is 11.3 Å². The molecule has 0 aliphatic rings. The summed E-state index contributed by atoms with van der Waals surface area (Å²) in [6.45, 7) is 0. The van der Waals surface area contributed by atoms with Crippen LogP contribution in [0.15, 0.2) is 5.16 Å². The smallest absolute Gasteiger partial charge is 0.231 e. The van der Waals surface area contributed by atoms with E-state index in [1.807, 2.05) is 6.07 Å². The van der Waals surface area contributed by atoms with Gasteiger partial charge in [-0.2, -0.15) is 10.2 Å².